The normalized spacial score (nSPS) is 14.1. The number of unbranched alkanes of at least 4 members (excludes halogenated alkanes) is 1. The Bertz CT molecular complexity index is 406. The number of hydrogen-bond donors (Lipinski definition) is 2. The van der Waals surface area contributed by atoms with E-state index in [1.54, 1.807) is 0 Å². The van der Waals surface area contributed by atoms with Crippen LogP contribution in [0.5, 0.6) is 5.75 Å². The van der Waals surface area contributed by atoms with E-state index < -0.39 is 0 Å². The number of rotatable bonds is 9. The van der Waals surface area contributed by atoms with Gasteiger partial charge in [0, 0.05) is 5.54 Å². The highest BCUT2D eigenvalue weighted by Crippen LogP contribution is 2.21. The molecule has 0 aliphatic rings. The van der Waals surface area contributed by atoms with Crippen LogP contribution in [0.15, 0.2) is 18.2 Å². The first-order valence-electron chi connectivity index (χ1n) is 7.57. The maximum Gasteiger partial charge on any atom is 0.122 e. The van der Waals surface area contributed by atoms with Gasteiger partial charge < -0.3 is 15.2 Å². The fourth-order valence-corrected chi connectivity index (χ4v) is 2.33. The van der Waals surface area contributed by atoms with Crippen molar-refractivity contribution >= 4 is 0 Å². The van der Waals surface area contributed by atoms with Crippen molar-refractivity contribution < 1.29 is 9.84 Å². The summed E-state index contributed by atoms with van der Waals surface area (Å²) in [6, 6.07) is 6.16. The van der Waals surface area contributed by atoms with Gasteiger partial charge in [0.05, 0.1) is 13.2 Å². The Labute approximate surface area is 123 Å². The van der Waals surface area contributed by atoms with Crippen molar-refractivity contribution in [2.45, 2.75) is 52.5 Å². The van der Waals surface area contributed by atoms with Crippen LogP contribution < -0.4 is 10.1 Å². The third kappa shape index (κ3) is 5.14. The summed E-state index contributed by atoms with van der Waals surface area (Å²) < 4.78 is 5.84. The highest BCUT2D eigenvalue weighted by molar-refractivity contribution is 5.38. The maximum absolute atomic E-state index is 9.42. The van der Waals surface area contributed by atoms with Gasteiger partial charge in [-0.2, -0.15) is 0 Å². The lowest BCUT2D eigenvalue weighted by molar-refractivity contribution is 0.162. The molecule has 3 nitrogen and oxygen atoms in total. The van der Waals surface area contributed by atoms with Crippen LogP contribution in [0.2, 0.25) is 0 Å². The van der Waals surface area contributed by atoms with Crippen molar-refractivity contribution in [1.29, 1.82) is 0 Å². The third-order valence-electron chi connectivity index (χ3n) is 3.89. The van der Waals surface area contributed by atoms with Crippen molar-refractivity contribution in [3.8, 4) is 5.75 Å². The molecule has 1 rings (SSSR count). The monoisotopic (exact) mass is 279 g/mol. The minimum Gasteiger partial charge on any atom is -0.493 e. The lowest BCUT2D eigenvalue weighted by atomic mass is 9.96. The van der Waals surface area contributed by atoms with Crippen LogP contribution in [0, 0.1) is 13.8 Å². The fraction of sp³-hybridized carbons (Fsp3) is 0.647. The van der Waals surface area contributed by atoms with Crippen LogP contribution in [-0.2, 0) is 0 Å². The van der Waals surface area contributed by atoms with Crippen LogP contribution in [0.1, 0.15) is 44.2 Å². The molecule has 0 saturated heterocycles. The third-order valence-corrected chi connectivity index (χ3v) is 3.89. The van der Waals surface area contributed by atoms with Gasteiger partial charge in [-0.05, 0) is 63.8 Å². The molecule has 20 heavy (non-hydrogen) atoms. The maximum atomic E-state index is 9.42. The quantitative estimate of drug-likeness (QED) is 0.682. The summed E-state index contributed by atoms with van der Waals surface area (Å²) in [5.74, 6) is 0.988. The molecule has 2 N–H and O–H groups in total. The first kappa shape index (κ1) is 17.0. The molecule has 0 saturated carbocycles. The Hall–Kier alpha value is -1.06. The molecular formula is C17H29NO2. The minimum atomic E-state index is -0.159. The number of likely N-dealkylation sites (N-methyl/N-ethyl adjacent to an activating group) is 1. The molecule has 114 valence electrons. The summed E-state index contributed by atoms with van der Waals surface area (Å²) in [7, 11) is 0. The van der Waals surface area contributed by atoms with Gasteiger partial charge in [0.25, 0.3) is 0 Å². The standard InChI is InChI=1S/C17H29NO2/c1-5-18-17(4,13-19)11-6-7-12-20-16-10-8-9-14(2)15(16)3/h8-10,18-19H,5-7,11-13H2,1-4H3. The average Bonchev–Trinajstić information content (AvgIpc) is 2.43. The second-order valence-corrected chi connectivity index (χ2v) is 5.75. The molecule has 0 radical (unpaired) electrons. The van der Waals surface area contributed by atoms with Gasteiger partial charge in [-0.3, -0.25) is 0 Å². The van der Waals surface area contributed by atoms with E-state index in [2.05, 4.69) is 39.1 Å². The van der Waals surface area contributed by atoms with Crippen molar-refractivity contribution in [3.05, 3.63) is 29.3 Å². The minimum absolute atomic E-state index is 0.159. The van der Waals surface area contributed by atoms with E-state index in [4.69, 9.17) is 4.74 Å². The lowest BCUT2D eigenvalue weighted by Crippen LogP contribution is -2.45. The predicted molar refractivity (Wildman–Crippen MR) is 84.4 cm³/mol. The zero-order chi connectivity index (χ0) is 15.0. The Morgan fingerprint density at radius 2 is 2.00 bits per heavy atom. The van der Waals surface area contributed by atoms with E-state index >= 15 is 0 Å². The van der Waals surface area contributed by atoms with Gasteiger partial charge in [-0.1, -0.05) is 19.1 Å². The number of ether oxygens (including phenoxy) is 1. The van der Waals surface area contributed by atoms with Gasteiger partial charge in [0.2, 0.25) is 0 Å². The van der Waals surface area contributed by atoms with Gasteiger partial charge >= 0.3 is 0 Å². The van der Waals surface area contributed by atoms with Crippen LogP contribution in [0.25, 0.3) is 0 Å². The first-order valence-corrected chi connectivity index (χ1v) is 7.57. The SMILES string of the molecule is CCNC(C)(CO)CCCCOc1cccc(C)c1C. The van der Waals surface area contributed by atoms with E-state index in [0.717, 1.165) is 38.2 Å². The molecule has 1 unspecified atom stereocenters. The molecule has 3 heteroatoms. The topological polar surface area (TPSA) is 41.5 Å². The van der Waals surface area contributed by atoms with Gasteiger partial charge in [-0.15, -0.1) is 0 Å². The summed E-state index contributed by atoms with van der Waals surface area (Å²) in [5, 5.41) is 12.8. The highest BCUT2D eigenvalue weighted by Gasteiger charge is 2.20. The molecule has 0 bridgehead atoms. The number of aliphatic hydroxyl groups is 1. The molecule has 1 aromatic rings. The molecule has 0 aliphatic heterocycles. The predicted octanol–water partition coefficient (Wildman–Crippen LogP) is 3.21. The smallest absolute Gasteiger partial charge is 0.122 e. The van der Waals surface area contributed by atoms with E-state index in [1.165, 1.54) is 11.1 Å². The zero-order valence-electron chi connectivity index (χ0n) is 13.3. The molecule has 1 atom stereocenters. The van der Waals surface area contributed by atoms with E-state index in [9.17, 15) is 5.11 Å². The highest BCUT2D eigenvalue weighted by atomic mass is 16.5. The van der Waals surface area contributed by atoms with E-state index in [-0.39, 0.29) is 12.1 Å². The van der Waals surface area contributed by atoms with E-state index in [1.807, 2.05) is 12.1 Å². The zero-order valence-corrected chi connectivity index (χ0v) is 13.3. The second-order valence-electron chi connectivity index (χ2n) is 5.75. The number of nitrogens with one attached hydrogen (secondary N) is 1. The molecule has 0 aliphatic carbocycles. The first-order chi connectivity index (χ1) is 9.52. The molecule has 0 fully saturated rings. The summed E-state index contributed by atoms with van der Waals surface area (Å²) in [5.41, 5.74) is 2.33. The largest absolute Gasteiger partial charge is 0.493 e. The molecule has 0 aromatic heterocycles. The van der Waals surface area contributed by atoms with Crippen LogP contribution in [0.4, 0.5) is 0 Å². The lowest BCUT2D eigenvalue weighted by Gasteiger charge is -2.28. The van der Waals surface area contributed by atoms with Crippen molar-refractivity contribution in [3.63, 3.8) is 0 Å². The summed E-state index contributed by atoms with van der Waals surface area (Å²) in [6.45, 7) is 10.1. The van der Waals surface area contributed by atoms with Gasteiger partial charge in [0.1, 0.15) is 5.75 Å². The number of benzene rings is 1. The molecule has 1 aromatic carbocycles. The average molecular weight is 279 g/mol. The number of hydrogen-bond acceptors (Lipinski definition) is 3. The molecule has 0 spiro atoms. The van der Waals surface area contributed by atoms with Crippen LogP contribution in [-0.4, -0.2) is 30.4 Å². The fourth-order valence-electron chi connectivity index (χ4n) is 2.33. The van der Waals surface area contributed by atoms with E-state index in [0.29, 0.717) is 0 Å². The van der Waals surface area contributed by atoms with Crippen LogP contribution >= 0.6 is 0 Å². The molecular weight excluding hydrogens is 250 g/mol. The summed E-state index contributed by atoms with van der Waals surface area (Å²) >= 11 is 0. The van der Waals surface area contributed by atoms with Crippen molar-refractivity contribution in [1.82, 2.24) is 5.32 Å². The van der Waals surface area contributed by atoms with Crippen molar-refractivity contribution in [2.24, 2.45) is 0 Å². The molecule has 0 heterocycles. The Morgan fingerprint density at radius 3 is 2.65 bits per heavy atom. The van der Waals surface area contributed by atoms with Gasteiger partial charge in [0.15, 0.2) is 0 Å². The summed E-state index contributed by atoms with van der Waals surface area (Å²) in [6.07, 6.45) is 3.02. The number of aliphatic hydroxyl groups excluding tert-OH is 1. The van der Waals surface area contributed by atoms with Crippen LogP contribution in [0.3, 0.4) is 0 Å². The molecule has 0 amide bonds. The Kier molecular flexibility index (Phi) is 7.03. The Morgan fingerprint density at radius 1 is 1.25 bits per heavy atom. The number of aryl methyl sites for hydroxylation is 1. The second kappa shape index (κ2) is 8.28. The summed E-state index contributed by atoms with van der Waals surface area (Å²) in [4.78, 5) is 0. The van der Waals surface area contributed by atoms with Gasteiger partial charge in [-0.25, -0.2) is 0 Å². The van der Waals surface area contributed by atoms with Crippen molar-refractivity contribution in [2.75, 3.05) is 19.8 Å². The Balaban J connectivity index is 2.30.